The lowest BCUT2D eigenvalue weighted by Crippen LogP contribution is -2.42. The molecule has 1 aromatic heterocycles. The van der Waals surface area contributed by atoms with Crippen molar-refractivity contribution in [3.05, 3.63) is 75.8 Å². The van der Waals surface area contributed by atoms with Gasteiger partial charge >= 0.3 is 0 Å². The summed E-state index contributed by atoms with van der Waals surface area (Å²) in [6.45, 7) is 1.83. The van der Waals surface area contributed by atoms with Gasteiger partial charge in [-0.1, -0.05) is 41.9 Å². The zero-order chi connectivity index (χ0) is 17.8. The predicted octanol–water partition coefficient (Wildman–Crippen LogP) is 3.85. The first-order valence-electron chi connectivity index (χ1n) is 7.42. The number of aryl methyl sites for hydroxylation is 1. The van der Waals surface area contributed by atoms with Crippen LogP contribution < -0.4 is 10.9 Å². The van der Waals surface area contributed by atoms with Crippen LogP contribution in [0.25, 0.3) is 10.6 Å². The van der Waals surface area contributed by atoms with Gasteiger partial charge < -0.3 is 0 Å². The second kappa shape index (κ2) is 7.46. The third kappa shape index (κ3) is 4.04. The molecule has 0 spiro atoms. The topological polar surface area (TPSA) is 71.1 Å². The van der Waals surface area contributed by atoms with E-state index in [1.165, 1.54) is 11.3 Å². The second-order valence-corrected chi connectivity index (χ2v) is 6.56. The first kappa shape index (κ1) is 17.1. The van der Waals surface area contributed by atoms with Crippen LogP contribution >= 0.6 is 22.9 Å². The molecule has 2 amide bonds. The number of carbonyl (C=O) groups excluding carboxylic acids is 2. The Kier molecular flexibility index (Phi) is 5.11. The Morgan fingerprint density at radius 1 is 1.00 bits per heavy atom. The van der Waals surface area contributed by atoms with Crippen molar-refractivity contribution in [1.82, 2.24) is 15.8 Å². The molecule has 0 unspecified atom stereocenters. The number of hydrazine groups is 1. The molecule has 3 aromatic rings. The van der Waals surface area contributed by atoms with Crippen molar-refractivity contribution in [3.63, 3.8) is 0 Å². The maximum atomic E-state index is 12.2. The normalized spacial score (nSPS) is 10.3. The maximum absolute atomic E-state index is 12.2. The van der Waals surface area contributed by atoms with Crippen molar-refractivity contribution in [1.29, 1.82) is 0 Å². The third-order valence-electron chi connectivity index (χ3n) is 3.51. The lowest BCUT2D eigenvalue weighted by Gasteiger charge is -2.07. The van der Waals surface area contributed by atoms with Crippen molar-refractivity contribution in [3.8, 4) is 10.6 Å². The minimum Gasteiger partial charge on any atom is -0.267 e. The number of amides is 2. The summed E-state index contributed by atoms with van der Waals surface area (Å²) >= 11 is 7.21. The number of nitrogens with one attached hydrogen (secondary N) is 2. The van der Waals surface area contributed by atoms with Gasteiger partial charge in [-0.05, 0) is 30.7 Å². The Hall–Kier alpha value is -2.70. The highest BCUT2D eigenvalue weighted by Crippen LogP contribution is 2.25. The molecule has 0 aliphatic heterocycles. The molecular formula is C18H14ClN3O2S. The van der Waals surface area contributed by atoms with Crippen molar-refractivity contribution >= 4 is 34.8 Å². The average molecular weight is 372 g/mol. The summed E-state index contributed by atoms with van der Waals surface area (Å²) in [7, 11) is 0. The molecule has 0 aliphatic carbocycles. The van der Waals surface area contributed by atoms with E-state index < -0.39 is 5.91 Å². The van der Waals surface area contributed by atoms with Gasteiger partial charge in [0.15, 0.2) is 0 Å². The van der Waals surface area contributed by atoms with Gasteiger partial charge in [-0.25, -0.2) is 4.98 Å². The number of hydrogen-bond donors (Lipinski definition) is 2. The number of nitrogens with zero attached hydrogens (tertiary/aromatic N) is 1. The number of carbonyl (C=O) groups is 2. The summed E-state index contributed by atoms with van der Waals surface area (Å²) < 4.78 is 0. The molecule has 5 nitrogen and oxygen atoms in total. The van der Waals surface area contributed by atoms with Crippen LogP contribution in [0.15, 0.2) is 53.9 Å². The van der Waals surface area contributed by atoms with Crippen molar-refractivity contribution in [2.45, 2.75) is 6.92 Å². The fourth-order valence-corrected chi connectivity index (χ4v) is 3.11. The fraction of sp³-hybridized carbons (Fsp3) is 0.0556. The molecule has 0 fully saturated rings. The number of halogens is 1. The molecule has 126 valence electrons. The van der Waals surface area contributed by atoms with Gasteiger partial charge in [0, 0.05) is 21.5 Å². The van der Waals surface area contributed by atoms with Crippen LogP contribution in [0.3, 0.4) is 0 Å². The Balaban J connectivity index is 1.65. The average Bonchev–Trinajstić information content (AvgIpc) is 3.10. The number of aromatic nitrogens is 1. The highest BCUT2D eigenvalue weighted by Gasteiger charge is 2.14. The van der Waals surface area contributed by atoms with Crippen LogP contribution in [0.4, 0.5) is 0 Å². The Morgan fingerprint density at radius 2 is 1.68 bits per heavy atom. The smallest absolute Gasteiger partial charge is 0.267 e. The molecule has 0 aliphatic rings. The molecule has 0 radical (unpaired) electrons. The van der Waals surface area contributed by atoms with Crippen molar-refractivity contribution in [2.75, 3.05) is 0 Å². The molecule has 7 heteroatoms. The van der Waals surface area contributed by atoms with E-state index in [9.17, 15) is 9.59 Å². The van der Waals surface area contributed by atoms with E-state index in [2.05, 4.69) is 15.8 Å². The quantitative estimate of drug-likeness (QED) is 0.687. The highest BCUT2D eigenvalue weighted by molar-refractivity contribution is 7.13. The molecule has 1 heterocycles. The summed E-state index contributed by atoms with van der Waals surface area (Å²) in [6.07, 6.45) is 0. The van der Waals surface area contributed by atoms with E-state index in [1.807, 2.05) is 31.2 Å². The first-order chi connectivity index (χ1) is 12.0. The first-order valence-corrected chi connectivity index (χ1v) is 8.68. The van der Waals surface area contributed by atoms with E-state index in [4.69, 9.17) is 11.6 Å². The molecule has 0 saturated carbocycles. The summed E-state index contributed by atoms with van der Waals surface area (Å²) in [4.78, 5) is 28.6. The van der Waals surface area contributed by atoms with Gasteiger partial charge in [0.1, 0.15) is 10.7 Å². The number of benzene rings is 2. The fourth-order valence-electron chi connectivity index (χ4n) is 2.18. The summed E-state index contributed by atoms with van der Waals surface area (Å²) in [6, 6.07) is 14.3. The lowest BCUT2D eigenvalue weighted by molar-refractivity contribution is 0.0844. The van der Waals surface area contributed by atoms with E-state index in [-0.39, 0.29) is 11.6 Å². The van der Waals surface area contributed by atoms with Crippen LogP contribution in [-0.2, 0) is 0 Å². The zero-order valence-electron chi connectivity index (χ0n) is 13.2. The largest absolute Gasteiger partial charge is 0.289 e. The minimum atomic E-state index is -0.474. The van der Waals surface area contributed by atoms with Crippen molar-refractivity contribution < 1.29 is 9.59 Å². The van der Waals surface area contributed by atoms with Gasteiger partial charge in [0.2, 0.25) is 0 Å². The maximum Gasteiger partial charge on any atom is 0.289 e. The van der Waals surface area contributed by atoms with Gasteiger partial charge in [-0.2, -0.15) is 0 Å². The molecule has 25 heavy (non-hydrogen) atoms. The molecular weight excluding hydrogens is 358 g/mol. The Morgan fingerprint density at radius 3 is 2.40 bits per heavy atom. The summed E-state index contributed by atoms with van der Waals surface area (Å²) in [5.74, 6) is -0.849. The third-order valence-corrected chi connectivity index (χ3v) is 4.65. The molecule has 3 rings (SSSR count). The van der Waals surface area contributed by atoms with Gasteiger partial charge in [0.05, 0.1) is 0 Å². The molecule has 0 bridgehead atoms. The SMILES string of the molecule is Cc1ccccc1C(=O)NNC(=O)c1csc(-c2ccc(Cl)cc2)n1. The standard InChI is InChI=1S/C18H14ClN3O2S/c1-11-4-2-3-5-14(11)16(23)21-22-17(24)15-10-25-18(20-15)12-6-8-13(19)9-7-12/h2-10H,1H3,(H,21,23)(H,22,24). The Labute approximate surface area is 153 Å². The molecule has 0 saturated heterocycles. The van der Waals surface area contributed by atoms with Crippen LogP contribution in [0.5, 0.6) is 0 Å². The second-order valence-electron chi connectivity index (χ2n) is 5.27. The molecule has 2 aromatic carbocycles. The number of thiazole rings is 1. The van der Waals surface area contributed by atoms with Crippen LogP contribution in [0.1, 0.15) is 26.4 Å². The predicted molar refractivity (Wildman–Crippen MR) is 98.7 cm³/mol. The van der Waals surface area contributed by atoms with E-state index in [1.54, 1.807) is 29.6 Å². The lowest BCUT2D eigenvalue weighted by atomic mass is 10.1. The van der Waals surface area contributed by atoms with Gasteiger partial charge in [0.25, 0.3) is 11.8 Å². The van der Waals surface area contributed by atoms with E-state index in [0.717, 1.165) is 11.1 Å². The number of rotatable bonds is 3. The molecule has 2 N–H and O–H groups in total. The monoisotopic (exact) mass is 371 g/mol. The summed E-state index contributed by atoms with van der Waals surface area (Å²) in [5, 5.41) is 2.98. The summed E-state index contributed by atoms with van der Waals surface area (Å²) in [5.41, 5.74) is 7.22. The number of hydrogen-bond acceptors (Lipinski definition) is 4. The van der Waals surface area contributed by atoms with E-state index in [0.29, 0.717) is 15.6 Å². The Bertz CT molecular complexity index is 922. The van der Waals surface area contributed by atoms with Crippen LogP contribution in [0, 0.1) is 6.92 Å². The van der Waals surface area contributed by atoms with Gasteiger partial charge in [-0.15, -0.1) is 11.3 Å². The molecule has 0 atom stereocenters. The van der Waals surface area contributed by atoms with Crippen LogP contribution in [0.2, 0.25) is 5.02 Å². The highest BCUT2D eigenvalue weighted by atomic mass is 35.5. The van der Waals surface area contributed by atoms with Gasteiger partial charge in [-0.3, -0.25) is 20.4 Å². The van der Waals surface area contributed by atoms with E-state index >= 15 is 0 Å². The van der Waals surface area contributed by atoms with Crippen molar-refractivity contribution in [2.24, 2.45) is 0 Å². The zero-order valence-corrected chi connectivity index (χ0v) is 14.8. The minimum absolute atomic E-state index is 0.236. The van der Waals surface area contributed by atoms with Crippen LogP contribution in [-0.4, -0.2) is 16.8 Å².